The maximum atomic E-state index is 9.42. The highest BCUT2D eigenvalue weighted by atomic mass is 16.4. The van der Waals surface area contributed by atoms with Crippen molar-refractivity contribution in [2.24, 2.45) is 0 Å². The summed E-state index contributed by atoms with van der Waals surface area (Å²) in [7, 11) is -1.46. The lowest BCUT2D eigenvalue weighted by Gasteiger charge is -2.09. The van der Waals surface area contributed by atoms with Crippen molar-refractivity contribution in [3.63, 3.8) is 0 Å². The topological polar surface area (TPSA) is 53.6 Å². The van der Waals surface area contributed by atoms with Gasteiger partial charge in [0, 0.05) is 10.8 Å². The van der Waals surface area contributed by atoms with Crippen LogP contribution in [0.1, 0.15) is 25.3 Å². The first-order chi connectivity index (χ1) is 9.08. The summed E-state index contributed by atoms with van der Waals surface area (Å²) in [5.41, 5.74) is 3.16. The zero-order valence-electron chi connectivity index (χ0n) is 10.9. The molecule has 0 atom stereocenters. The molecule has 19 heavy (non-hydrogen) atoms. The molecule has 3 rings (SSSR count). The minimum Gasteiger partial charge on any atom is -0.456 e. The molecule has 0 amide bonds. The standard InChI is InChI=1S/C15H15BO3/c1-9(2)12-7-10(16(17)18)8-13-11-5-3-4-6-14(11)19-15(12)13/h3-9,17-18H,1-2H3. The van der Waals surface area contributed by atoms with E-state index in [-0.39, 0.29) is 5.92 Å². The first-order valence-corrected chi connectivity index (χ1v) is 6.39. The van der Waals surface area contributed by atoms with Gasteiger partial charge in [0.1, 0.15) is 11.2 Å². The number of rotatable bonds is 2. The number of furan rings is 1. The average molecular weight is 254 g/mol. The molecule has 2 aromatic carbocycles. The number of hydrogen-bond donors (Lipinski definition) is 2. The summed E-state index contributed by atoms with van der Waals surface area (Å²) in [6.45, 7) is 4.13. The van der Waals surface area contributed by atoms with E-state index in [1.54, 1.807) is 12.1 Å². The second-order valence-electron chi connectivity index (χ2n) is 5.11. The lowest BCUT2D eigenvalue weighted by Crippen LogP contribution is -2.30. The van der Waals surface area contributed by atoms with E-state index in [0.29, 0.717) is 5.46 Å². The fourth-order valence-corrected chi connectivity index (χ4v) is 2.45. The zero-order chi connectivity index (χ0) is 13.6. The highest BCUT2D eigenvalue weighted by molar-refractivity contribution is 6.59. The Hall–Kier alpha value is -1.78. The Bertz CT molecular complexity index is 744. The van der Waals surface area contributed by atoms with Crippen LogP contribution in [-0.4, -0.2) is 17.2 Å². The first kappa shape index (κ1) is 12.3. The van der Waals surface area contributed by atoms with Gasteiger partial charge in [-0.15, -0.1) is 0 Å². The molecule has 0 aliphatic rings. The van der Waals surface area contributed by atoms with Crippen molar-refractivity contribution in [3.8, 4) is 0 Å². The smallest absolute Gasteiger partial charge is 0.456 e. The van der Waals surface area contributed by atoms with Crippen molar-refractivity contribution in [1.82, 2.24) is 0 Å². The summed E-state index contributed by atoms with van der Waals surface area (Å²) in [6, 6.07) is 11.4. The van der Waals surface area contributed by atoms with Crippen molar-refractivity contribution in [1.29, 1.82) is 0 Å². The van der Waals surface area contributed by atoms with Gasteiger partial charge in [0.15, 0.2) is 0 Å². The third kappa shape index (κ3) is 1.93. The lowest BCUT2D eigenvalue weighted by molar-refractivity contribution is 0.426. The van der Waals surface area contributed by atoms with Crippen LogP contribution in [0.5, 0.6) is 0 Å². The largest absolute Gasteiger partial charge is 0.488 e. The maximum Gasteiger partial charge on any atom is 0.488 e. The first-order valence-electron chi connectivity index (χ1n) is 6.39. The van der Waals surface area contributed by atoms with Crippen LogP contribution >= 0.6 is 0 Å². The summed E-state index contributed by atoms with van der Waals surface area (Å²) >= 11 is 0. The molecule has 1 aromatic heterocycles. The Morgan fingerprint density at radius 3 is 2.47 bits per heavy atom. The van der Waals surface area contributed by atoms with Crippen LogP contribution in [0.2, 0.25) is 0 Å². The molecule has 2 N–H and O–H groups in total. The van der Waals surface area contributed by atoms with E-state index in [2.05, 4.69) is 13.8 Å². The maximum absolute atomic E-state index is 9.42. The molecule has 0 spiro atoms. The summed E-state index contributed by atoms with van der Waals surface area (Å²) in [6.07, 6.45) is 0. The summed E-state index contributed by atoms with van der Waals surface area (Å²) < 4.78 is 5.92. The number of fused-ring (bicyclic) bond motifs is 3. The number of para-hydroxylation sites is 1. The van der Waals surface area contributed by atoms with Gasteiger partial charge in [-0.1, -0.05) is 44.2 Å². The molecule has 0 bridgehead atoms. The Kier molecular flexibility index (Phi) is 2.84. The third-order valence-corrected chi connectivity index (χ3v) is 3.45. The molecule has 0 aliphatic heterocycles. The van der Waals surface area contributed by atoms with Crippen LogP contribution in [0.3, 0.4) is 0 Å². The minimum absolute atomic E-state index is 0.252. The van der Waals surface area contributed by atoms with Crippen molar-refractivity contribution in [3.05, 3.63) is 42.0 Å². The molecule has 0 aliphatic carbocycles. The summed E-state index contributed by atoms with van der Waals surface area (Å²) in [5, 5.41) is 20.8. The van der Waals surface area contributed by atoms with Gasteiger partial charge in [0.25, 0.3) is 0 Å². The predicted octanol–water partition coefficient (Wildman–Crippen LogP) is 2.39. The van der Waals surface area contributed by atoms with Gasteiger partial charge in [-0.3, -0.25) is 0 Å². The van der Waals surface area contributed by atoms with E-state index in [1.807, 2.05) is 24.3 Å². The molecular weight excluding hydrogens is 239 g/mol. The van der Waals surface area contributed by atoms with E-state index >= 15 is 0 Å². The van der Waals surface area contributed by atoms with E-state index in [1.165, 1.54) is 0 Å². The van der Waals surface area contributed by atoms with Crippen LogP contribution in [0.4, 0.5) is 0 Å². The molecule has 0 fully saturated rings. The zero-order valence-corrected chi connectivity index (χ0v) is 10.9. The fraction of sp³-hybridized carbons (Fsp3) is 0.200. The Labute approximate surface area is 111 Å². The van der Waals surface area contributed by atoms with Gasteiger partial charge in [0.05, 0.1) is 0 Å². The van der Waals surface area contributed by atoms with Crippen LogP contribution in [0, 0.1) is 0 Å². The highest BCUT2D eigenvalue weighted by Gasteiger charge is 2.19. The van der Waals surface area contributed by atoms with E-state index in [9.17, 15) is 10.0 Å². The van der Waals surface area contributed by atoms with Gasteiger partial charge in [-0.2, -0.15) is 0 Å². The monoisotopic (exact) mass is 254 g/mol. The van der Waals surface area contributed by atoms with Crippen LogP contribution in [-0.2, 0) is 0 Å². The van der Waals surface area contributed by atoms with Gasteiger partial charge < -0.3 is 14.5 Å². The molecule has 0 saturated heterocycles. The van der Waals surface area contributed by atoms with E-state index in [0.717, 1.165) is 27.5 Å². The normalized spacial score (nSPS) is 11.6. The number of benzene rings is 2. The molecule has 3 nitrogen and oxygen atoms in total. The van der Waals surface area contributed by atoms with E-state index in [4.69, 9.17) is 4.42 Å². The second-order valence-corrected chi connectivity index (χ2v) is 5.11. The van der Waals surface area contributed by atoms with Gasteiger partial charge >= 0.3 is 7.12 Å². The molecular formula is C15H15BO3. The molecule has 0 saturated carbocycles. The van der Waals surface area contributed by atoms with Crippen molar-refractivity contribution in [2.45, 2.75) is 19.8 Å². The summed E-state index contributed by atoms with van der Waals surface area (Å²) in [5.74, 6) is 0.252. The lowest BCUT2D eigenvalue weighted by atomic mass is 9.77. The second kappa shape index (κ2) is 4.40. The van der Waals surface area contributed by atoms with Crippen molar-refractivity contribution in [2.75, 3.05) is 0 Å². The van der Waals surface area contributed by atoms with Crippen molar-refractivity contribution >= 4 is 34.5 Å². The Morgan fingerprint density at radius 1 is 1.05 bits per heavy atom. The van der Waals surface area contributed by atoms with Gasteiger partial charge in [0.2, 0.25) is 0 Å². The quantitative estimate of drug-likeness (QED) is 0.690. The van der Waals surface area contributed by atoms with Crippen LogP contribution in [0.25, 0.3) is 21.9 Å². The molecule has 4 heteroatoms. The highest BCUT2D eigenvalue weighted by Crippen LogP contribution is 2.33. The molecule has 3 aromatic rings. The molecule has 1 heterocycles. The van der Waals surface area contributed by atoms with Crippen molar-refractivity contribution < 1.29 is 14.5 Å². The Balaban J connectivity index is 2.45. The SMILES string of the molecule is CC(C)c1cc(B(O)O)cc2c1oc1ccccc12. The molecule has 96 valence electrons. The number of hydrogen-bond acceptors (Lipinski definition) is 3. The van der Waals surface area contributed by atoms with E-state index < -0.39 is 7.12 Å². The molecule has 0 radical (unpaired) electrons. The predicted molar refractivity (Wildman–Crippen MR) is 77.6 cm³/mol. The average Bonchev–Trinajstić information content (AvgIpc) is 2.75. The Morgan fingerprint density at radius 2 is 1.79 bits per heavy atom. The fourth-order valence-electron chi connectivity index (χ4n) is 2.45. The molecule has 0 unspecified atom stereocenters. The summed E-state index contributed by atoms with van der Waals surface area (Å²) in [4.78, 5) is 0. The van der Waals surface area contributed by atoms with Gasteiger partial charge in [-0.25, -0.2) is 0 Å². The van der Waals surface area contributed by atoms with Crippen LogP contribution < -0.4 is 5.46 Å². The minimum atomic E-state index is -1.46. The van der Waals surface area contributed by atoms with Gasteiger partial charge in [-0.05, 0) is 23.0 Å². The third-order valence-electron chi connectivity index (χ3n) is 3.45. The van der Waals surface area contributed by atoms with Crippen LogP contribution in [0.15, 0.2) is 40.8 Å².